The Morgan fingerprint density at radius 1 is 0.240 bits per heavy atom. The molecule has 0 saturated heterocycles. The van der Waals surface area contributed by atoms with Gasteiger partial charge in [0, 0.05) is 12.8 Å². The second kappa shape index (κ2) is 84.2. The van der Waals surface area contributed by atoms with Crippen LogP contribution in [-0.4, -0.2) is 36.4 Å². The molecular weight excluding hydrogens is 1170 g/mol. The minimum Gasteiger partial charge on any atom is -0.462 e. The van der Waals surface area contributed by atoms with E-state index in [9.17, 15) is 14.7 Å². The third-order valence-electron chi connectivity index (χ3n) is 17.2. The van der Waals surface area contributed by atoms with E-state index in [2.05, 4.69) is 196 Å². The van der Waals surface area contributed by atoms with E-state index in [4.69, 9.17) is 9.47 Å². The molecule has 0 bridgehead atoms. The first kappa shape index (κ1) is 91.0. The lowest BCUT2D eigenvalue weighted by Crippen LogP contribution is -2.28. The van der Waals surface area contributed by atoms with E-state index in [0.29, 0.717) is 12.8 Å². The number of unbranched alkanes of at least 4 members (excludes halogenated alkanes) is 35. The van der Waals surface area contributed by atoms with Crippen molar-refractivity contribution in [2.45, 2.75) is 367 Å². The zero-order valence-electron chi connectivity index (χ0n) is 62.6. The van der Waals surface area contributed by atoms with Crippen molar-refractivity contribution >= 4 is 11.9 Å². The third kappa shape index (κ3) is 81.4. The van der Waals surface area contributed by atoms with Gasteiger partial charge in [-0.1, -0.05) is 395 Å². The first-order valence-corrected chi connectivity index (χ1v) is 40.3. The van der Waals surface area contributed by atoms with E-state index < -0.39 is 6.10 Å². The molecule has 0 rings (SSSR count). The summed E-state index contributed by atoms with van der Waals surface area (Å²) in [5.74, 6) is -0.585. The van der Waals surface area contributed by atoms with Crippen LogP contribution >= 0.6 is 0 Å². The minimum absolute atomic E-state index is 0.0702. The van der Waals surface area contributed by atoms with Crippen molar-refractivity contribution in [3.8, 4) is 0 Å². The van der Waals surface area contributed by atoms with Gasteiger partial charge >= 0.3 is 11.9 Å². The van der Waals surface area contributed by atoms with Crippen LogP contribution in [0, 0.1) is 0 Å². The molecule has 5 nitrogen and oxygen atoms in total. The quantitative estimate of drug-likeness (QED) is 0.0373. The lowest BCUT2D eigenvalue weighted by atomic mass is 10.0. The Kier molecular flexibility index (Phi) is 79.8. The Hall–Kier alpha value is -5.00. The number of hydrogen-bond donors (Lipinski definition) is 1. The summed E-state index contributed by atoms with van der Waals surface area (Å²) < 4.78 is 10.8. The van der Waals surface area contributed by atoms with Crippen molar-refractivity contribution in [3.63, 3.8) is 0 Å². The number of hydrogen-bond acceptors (Lipinski definition) is 5. The third-order valence-corrected chi connectivity index (χ3v) is 17.2. The Balaban J connectivity index is 3.48. The van der Waals surface area contributed by atoms with Crippen LogP contribution < -0.4 is 0 Å². The number of carbonyl (C=O) groups excluding carboxylic acids is 2. The molecule has 0 heterocycles. The van der Waals surface area contributed by atoms with E-state index >= 15 is 0 Å². The van der Waals surface area contributed by atoms with Gasteiger partial charge in [0.15, 0.2) is 6.10 Å². The molecule has 0 amide bonds. The maximum atomic E-state index is 12.4. The molecule has 0 aromatic heterocycles. The molecule has 544 valence electrons. The van der Waals surface area contributed by atoms with Crippen LogP contribution in [0.25, 0.3) is 0 Å². The highest BCUT2D eigenvalue weighted by Crippen LogP contribution is 2.18. The fourth-order valence-electron chi connectivity index (χ4n) is 11.3. The maximum absolute atomic E-state index is 12.4. The van der Waals surface area contributed by atoms with Crippen LogP contribution in [0.15, 0.2) is 182 Å². The van der Waals surface area contributed by atoms with Gasteiger partial charge in [-0.2, -0.15) is 0 Å². The standard InChI is InChI=1S/C91H150O5/c1-3-5-7-9-11-13-15-17-19-21-23-25-27-29-31-33-35-37-39-41-43-45-47-49-51-53-55-57-59-61-63-65-67-69-71-73-75-77-79-81-83-85-90(93)95-88-89(87-92)96-91(94)86-84-82-80-78-76-74-72-70-68-66-64-62-60-58-56-54-52-50-48-46-44-42-40-38-36-34-32-30-28-26-24-22-20-18-16-14-12-10-8-6-4-2/h5-8,11-14,17-20,23-26,29-32,35-38,42,44,48,50,54,56,89,92H,3-4,9-10,15-16,21-22,27-28,33-34,39-41,43,45-47,49,51-53,55,57-88H2,1-2H3/b7-5-,8-6-,13-11-,14-12-,19-17-,20-18-,25-23-,26-24-,31-29-,32-30-,37-35-,38-36-,44-42-,50-48-,56-54-. The fourth-order valence-corrected chi connectivity index (χ4v) is 11.3. The van der Waals surface area contributed by atoms with Gasteiger partial charge in [0.25, 0.3) is 0 Å². The van der Waals surface area contributed by atoms with Crippen molar-refractivity contribution in [2.24, 2.45) is 0 Å². The number of rotatable bonds is 73. The molecule has 0 aliphatic heterocycles. The number of carbonyl (C=O) groups is 2. The predicted molar refractivity (Wildman–Crippen MR) is 426 cm³/mol. The van der Waals surface area contributed by atoms with Crippen molar-refractivity contribution in [1.82, 2.24) is 0 Å². The second-order valence-corrected chi connectivity index (χ2v) is 26.4. The zero-order valence-corrected chi connectivity index (χ0v) is 62.6. The molecule has 5 heteroatoms. The van der Waals surface area contributed by atoms with Crippen LogP contribution in [0.2, 0.25) is 0 Å². The van der Waals surface area contributed by atoms with Crippen molar-refractivity contribution in [2.75, 3.05) is 13.2 Å². The number of aliphatic hydroxyl groups is 1. The molecule has 0 aromatic rings. The molecule has 0 aliphatic carbocycles. The molecule has 0 spiro atoms. The molecule has 0 aromatic carbocycles. The van der Waals surface area contributed by atoms with Crippen LogP contribution in [0.1, 0.15) is 361 Å². The van der Waals surface area contributed by atoms with Crippen molar-refractivity contribution < 1.29 is 24.2 Å². The summed E-state index contributed by atoms with van der Waals surface area (Å²) in [6.45, 7) is 3.93. The van der Waals surface area contributed by atoms with Crippen LogP contribution in [0.4, 0.5) is 0 Å². The summed E-state index contributed by atoms with van der Waals surface area (Å²) in [5, 5.41) is 9.74. The van der Waals surface area contributed by atoms with Gasteiger partial charge in [-0.3, -0.25) is 9.59 Å². The molecule has 96 heavy (non-hydrogen) atoms. The van der Waals surface area contributed by atoms with Crippen LogP contribution in [-0.2, 0) is 19.1 Å². The van der Waals surface area contributed by atoms with E-state index in [1.165, 1.54) is 199 Å². The molecule has 1 atom stereocenters. The smallest absolute Gasteiger partial charge is 0.306 e. The highest BCUT2D eigenvalue weighted by molar-refractivity contribution is 5.70. The van der Waals surface area contributed by atoms with E-state index in [1.54, 1.807) is 0 Å². The average Bonchev–Trinajstić information content (AvgIpc) is 3.79. The van der Waals surface area contributed by atoms with Crippen molar-refractivity contribution in [3.05, 3.63) is 182 Å². The van der Waals surface area contributed by atoms with Gasteiger partial charge in [-0.25, -0.2) is 0 Å². The van der Waals surface area contributed by atoms with Gasteiger partial charge in [0.2, 0.25) is 0 Å². The Labute approximate surface area is 595 Å². The molecule has 1 N–H and O–H groups in total. The predicted octanol–water partition coefficient (Wildman–Crippen LogP) is 28.9. The monoisotopic (exact) mass is 1320 g/mol. The molecule has 0 fully saturated rings. The topological polar surface area (TPSA) is 72.8 Å². The van der Waals surface area contributed by atoms with Gasteiger partial charge in [-0.15, -0.1) is 0 Å². The highest BCUT2D eigenvalue weighted by Gasteiger charge is 2.16. The Morgan fingerprint density at radius 2 is 0.417 bits per heavy atom. The molecule has 0 radical (unpaired) electrons. The van der Waals surface area contributed by atoms with Crippen molar-refractivity contribution in [1.29, 1.82) is 0 Å². The van der Waals surface area contributed by atoms with Gasteiger partial charge in [-0.05, 0) is 135 Å². The molecular formula is C91H150O5. The largest absolute Gasteiger partial charge is 0.462 e. The Bertz CT molecular complexity index is 2090. The van der Waals surface area contributed by atoms with Gasteiger partial charge in [0.1, 0.15) is 6.61 Å². The molecule has 1 unspecified atom stereocenters. The summed E-state index contributed by atoms with van der Waals surface area (Å²) in [6.07, 6.45) is 131. The summed E-state index contributed by atoms with van der Waals surface area (Å²) in [4.78, 5) is 24.7. The van der Waals surface area contributed by atoms with E-state index in [1.807, 2.05) is 0 Å². The highest BCUT2D eigenvalue weighted by atomic mass is 16.6. The van der Waals surface area contributed by atoms with Crippen LogP contribution in [0.5, 0.6) is 0 Å². The fraction of sp³-hybridized carbons (Fsp3) is 0.648. The number of esters is 2. The molecule has 0 aliphatic rings. The van der Waals surface area contributed by atoms with Crippen LogP contribution in [0.3, 0.4) is 0 Å². The molecule has 0 saturated carbocycles. The first-order chi connectivity index (χ1) is 47.6. The summed E-state index contributed by atoms with van der Waals surface area (Å²) in [7, 11) is 0. The number of allylic oxidation sites excluding steroid dienone is 30. The first-order valence-electron chi connectivity index (χ1n) is 40.3. The summed E-state index contributed by atoms with van der Waals surface area (Å²) in [6, 6.07) is 0. The lowest BCUT2D eigenvalue weighted by molar-refractivity contribution is -0.161. The zero-order chi connectivity index (χ0) is 69.0. The SMILES string of the molecule is CC/C=C\C/C=C\C/C=C\C/C=C\C/C=C\C/C=C\C/C=C\C/C=C\C/C=C\CCCCCCCCCCCCCCCC(=O)OC(CO)COC(=O)CCCCCCCCCCCCCCCCCCCCCCCC/C=C\C/C=C\C/C=C\C/C=C\C/C=C\C/C=C\CC. The number of ether oxygens (including phenoxy) is 2. The van der Waals surface area contributed by atoms with E-state index in [-0.39, 0.29) is 25.2 Å². The Morgan fingerprint density at radius 3 is 0.625 bits per heavy atom. The lowest BCUT2D eigenvalue weighted by Gasteiger charge is -2.15. The maximum Gasteiger partial charge on any atom is 0.306 e. The average molecular weight is 1320 g/mol. The normalized spacial score (nSPS) is 13.2. The second-order valence-electron chi connectivity index (χ2n) is 26.4. The van der Waals surface area contributed by atoms with Gasteiger partial charge < -0.3 is 14.6 Å². The van der Waals surface area contributed by atoms with E-state index in [0.717, 1.165) is 135 Å². The summed E-state index contributed by atoms with van der Waals surface area (Å²) >= 11 is 0. The van der Waals surface area contributed by atoms with Gasteiger partial charge in [0.05, 0.1) is 6.61 Å². The minimum atomic E-state index is -0.783. The number of aliphatic hydroxyl groups excluding tert-OH is 1. The summed E-state index contributed by atoms with van der Waals surface area (Å²) in [5.41, 5.74) is 0.